The van der Waals surface area contributed by atoms with E-state index >= 15 is 0 Å². The Kier molecular flexibility index (Phi) is 6.97. The summed E-state index contributed by atoms with van der Waals surface area (Å²) in [5.74, 6) is -1.03. The van der Waals surface area contributed by atoms with Gasteiger partial charge >= 0.3 is 0 Å². The largest absolute Gasteiger partial charge is 0.347 e. The van der Waals surface area contributed by atoms with Crippen LogP contribution in [0.3, 0.4) is 0 Å². The van der Waals surface area contributed by atoms with Gasteiger partial charge in [-0.2, -0.15) is 0 Å². The van der Waals surface area contributed by atoms with Crippen LogP contribution in [0.1, 0.15) is 5.56 Å². The van der Waals surface area contributed by atoms with E-state index in [0.29, 0.717) is 5.69 Å². The van der Waals surface area contributed by atoms with Crippen molar-refractivity contribution < 1.29 is 14.4 Å². The summed E-state index contributed by atoms with van der Waals surface area (Å²) in [7, 11) is 0. The number of carbonyl (C=O) groups excluding carboxylic acids is 3. The first-order valence-electron chi connectivity index (χ1n) is 9.07. The third-order valence-corrected chi connectivity index (χ3v) is 4.78. The minimum atomic E-state index is -0.428. The van der Waals surface area contributed by atoms with E-state index in [2.05, 4.69) is 31.9 Å². The van der Waals surface area contributed by atoms with Gasteiger partial charge in [-0.05, 0) is 40.6 Å². The predicted molar refractivity (Wildman–Crippen MR) is 116 cm³/mol. The second-order valence-electron chi connectivity index (χ2n) is 6.42. The molecule has 0 aliphatic rings. The average Bonchev–Trinajstić information content (AvgIpc) is 2.73. The lowest BCUT2D eigenvalue weighted by molar-refractivity contribution is -0.126. The molecule has 0 atom stereocenters. The van der Waals surface area contributed by atoms with E-state index in [1.807, 2.05) is 42.5 Å². The molecule has 0 bridgehead atoms. The summed E-state index contributed by atoms with van der Waals surface area (Å²) < 4.78 is 0.906. The zero-order chi connectivity index (χ0) is 20.6. The highest BCUT2D eigenvalue weighted by Gasteiger charge is 2.10. The Hall–Kier alpha value is -3.19. The molecule has 3 rings (SSSR count). The van der Waals surface area contributed by atoms with E-state index in [-0.39, 0.29) is 31.3 Å². The second-order valence-corrected chi connectivity index (χ2v) is 7.34. The van der Waals surface area contributed by atoms with Crippen LogP contribution in [-0.4, -0.2) is 30.8 Å². The van der Waals surface area contributed by atoms with Gasteiger partial charge in [-0.3, -0.25) is 14.4 Å². The smallest absolute Gasteiger partial charge is 0.243 e. The Labute approximate surface area is 176 Å². The van der Waals surface area contributed by atoms with Gasteiger partial charge in [-0.1, -0.05) is 58.4 Å². The molecule has 0 saturated carbocycles. The second kappa shape index (κ2) is 9.84. The van der Waals surface area contributed by atoms with Crippen LogP contribution in [0.25, 0.3) is 10.8 Å². The minimum absolute atomic E-state index is 0.173. The first-order chi connectivity index (χ1) is 14.0. The summed E-state index contributed by atoms with van der Waals surface area (Å²) in [5, 5.41) is 9.83. The van der Waals surface area contributed by atoms with Gasteiger partial charge in [0.25, 0.3) is 0 Å². The Bertz CT molecular complexity index is 1030. The molecule has 0 unspecified atom stereocenters. The lowest BCUT2D eigenvalue weighted by Gasteiger charge is -2.09. The zero-order valence-electron chi connectivity index (χ0n) is 15.6. The number of halogens is 1. The highest BCUT2D eigenvalue weighted by molar-refractivity contribution is 9.10. The Morgan fingerprint density at radius 3 is 2.17 bits per heavy atom. The van der Waals surface area contributed by atoms with Gasteiger partial charge < -0.3 is 16.0 Å². The number of anilines is 1. The monoisotopic (exact) mass is 453 g/mol. The van der Waals surface area contributed by atoms with Gasteiger partial charge in [0, 0.05) is 10.2 Å². The highest BCUT2D eigenvalue weighted by Crippen LogP contribution is 2.18. The van der Waals surface area contributed by atoms with Crippen molar-refractivity contribution in [3.05, 3.63) is 76.8 Å². The molecule has 3 aromatic carbocycles. The molecular weight excluding hydrogens is 434 g/mol. The number of hydrogen-bond acceptors (Lipinski definition) is 3. The maximum Gasteiger partial charge on any atom is 0.243 e. The van der Waals surface area contributed by atoms with Crippen LogP contribution in [0.4, 0.5) is 5.69 Å². The number of rotatable bonds is 7. The van der Waals surface area contributed by atoms with Crippen molar-refractivity contribution in [3.8, 4) is 0 Å². The Morgan fingerprint density at radius 2 is 1.38 bits per heavy atom. The Morgan fingerprint density at radius 1 is 0.724 bits per heavy atom. The van der Waals surface area contributed by atoms with E-state index in [0.717, 1.165) is 20.8 Å². The fraction of sp³-hybridized carbons (Fsp3) is 0.136. The van der Waals surface area contributed by atoms with Gasteiger partial charge in [-0.25, -0.2) is 0 Å². The fourth-order valence-electron chi connectivity index (χ4n) is 2.84. The molecule has 0 spiro atoms. The quantitative estimate of drug-likeness (QED) is 0.513. The number of hydrogen-bond donors (Lipinski definition) is 3. The topological polar surface area (TPSA) is 87.3 Å². The number of carbonyl (C=O) groups is 3. The average molecular weight is 454 g/mol. The summed E-state index contributed by atoms with van der Waals surface area (Å²) in [6.07, 6.45) is 0.179. The van der Waals surface area contributed by atoms with Gasteiger partial charge in [0.05, 0.1) is 19.5 Å². The molecule has 0 radical (unpaired) electrons. The molecule has 7 heteroatoms. The summed E-state index contributed by atoms with van der Waals surface area (Å²) in [6.45, 7) is -0.358. The SMILES string of the molecule is O=C(CNC(=O)Cc1cccc2ccccc12)NCC(=O)Nc1ccc(Br)cc1. The van der Waals surface area contributed by atoms with Crippen LogP contribution < -0.4 is 16.0 Å². The van der Waals surface area contributed by atoms with E-state index in [9.17, 15) is 14.4 Å². The van der Waals surface area contributed by atoms with Crippen LogP contribution in [0, 0.1) is 0 Å². The summed E-state index contributed by atoms with van der Waals surface area (Å²) in [5.41, 5.74) is 1.53. The molecule has 0 heterocycles. The standard InChI is InChI=1S/C22H20BrN3O3/c23-17-8-10-18(11-9-17)26-22(29)14-25-21(28)13-24-20(27)12-16-6-3-5-15-4-1-2-7-19(15)16/h1-11H,12-14H2,(H,24,27)(H,25,28)(H,26,29). The number of nitrogens with one attached hydrogen (secondary N) is 3. The normalized spacial score (nSPS) is 10.4. The summed E-state index contributed by atoms with van der Waals surface area (Å²) in [4.78, 5) is 36.0. The molecule has 3 amide bonds. The van der Waals surface area contributed by atoms with Gasteiger partial charge in [0.2, 0.25) is 17.7 Å². The van der Waals surface area contributed by atoms with Crippen molar-refractivity contribution in [2.45, 2.75) is 6.42 Å². The van der Waals surface area contributed by atoms with Crippen molar-refractivity contribution >= 4 is 50.1 Å². The van der Waals surface area contributed by atoms with Gasteiger partial charge in [0.1, 0.15) is 0 Å². The molecule has 0 aliphatic carbocycles. The van der Waals surface area contributed by atoms with Crippen molar-refractivity contribution in [1.82, 2.24) is 10.6 Å². The number of fused-ring (bicyclic) bond motifs is 1. The van der Waals surface area contributed by atoms with E-state index in [1.54, 1.807) is 24.3 Å². The fourth-order valence-corrected chi connectivity index (χ4v) is 3.11. The van der Waals surface area contributed by atoms with Crippen molar-refractivity contribution in [3.63, 3.8) is 0 Å². The maximum absolute atomic E-state index is 12.2. The molecule has 0 saturated heterocycles. The molecule has 0 aromatic heterocycles. The van der Waals surface area contributed by atoms with E-state index in [4.69, 9.17) is 0 Å². The predicted octanol–water partition coefficient (Wildman–Crippen LogP) is 3.02. The molecule has 6 nitrogen and oxygen atoms in total. The van der Waals surface area contributed by atoms with Gasteiger partial charge in [-0.15, -0.1) is 0 Å². The highest BCUT2D eigenvalue weighted by atomic mass is 79.9. The molecule has 3 aromatic rings. The van der Waals surface area contributed by atoms with Crippen LogP contribution in [0.15, 0.2) is 71.2 Å². The Balaban J connectivity index is 1.42. The molecule has 3 N–H and O–H groups in total. The van der Waals surface area contributed by atoms with Crippen molar-refractivity contribution in [2.75, 3.05) is 18.4 Å². The summed E-state index contributed by atoms with van der Waals surface area (Å²) in [6, 6.07) is 20.7. The summed E-state index contributed by atoms with van der Waals surface area (Å²) >= 11 is 3.32. The number of benzene rings is 3. The minimum Gasteiger partial charge on any atom is -0.347 e. The first kappa shape index (κ1) is 20.5. The van der Waals surface area contributed by atoms with Crippen LogP contribution in [0.2, 0.25) is 0 Å². The van der Waals surface area contributed by atoms with Crippen LogP contribution in [-0.2, 0) is 20.8 Å². The first-order valence-corrected chi connectivity index (χ1v) is 9.86. The van der Waals surface area contributed by atoms with Crippen molar-refractivity contribution in [2.24, 2.45) is 0 Å². The molecule has 0 aliphatic heterocycles. The lowest BCUT2D eigenvalue weighted by atomic mass is 10.0. The molecule has 29 heavy (non-hydrogen) atoms. The lowest BCUT2D eigenvalue weighted by Crippen LogP contribution is -2.40. The van der Waals surface area contributed by atoms with E-state index < -0.39 is 5.91 Å². The van der Waals surface area contributed by atoms with Crippen LogP contribution in [0.5, 0.6) is 0 Å². The molecular formula is C22H20BrN3O3. The van der Waals surface area contributed by atoms with Crippen LogP contribution >= 0.6 is 15.9 Å². The molecule has 0 fully saturated rings. The van der Waals surface area contributed by atoms with Gasteiger partial charge in [0.15, 0.2) is 0 Å². The third-order valence-electron chi connectivity index (χ3n) is 4.25. The van der Waals surface area contributed by atoms with Crippen molar-refractivity contribution in [1.29, 1.82) is 0 Å². The number of amides is 3. The van der Waals surface area contributed by atoms with E-state index in [1.165, 1.54) is 0 Å². The molecule has 148 valence electrons. The zero-order valence-corrected chi connectivity index (χ0v) is 17.2. The third kappa shape index (κ3) is 6.15. The maximum atomic E-state index is 12.2.